The van der Waals surface area contributed by atoms with Crippen LogP contribution < -0.4 is 16.0 Å². The van der Waals surface area contributed by atoms with Gasteiger partial charge in [-0.25, -0.2) is 0 Å². The lowest BCUT2D eigenvalue weighted by Crippen LogP contribution is -2.28. The zero-order chi connectivity index (χ0) is 17.5. The summed E-state index contributed by atoms with van der Waals surface area (Å²) in [6, 6.07) is 10.3. The summed E-state index contributed by atoms with van der Waals surface area (Å²) < 4.78 is 5.05. The molecule has 2 amide bonds. The smallest absolute Gasteiger partial charge is 0.291 e. The minimum Gasteiger partial charge on any atom is -0.459 e. The van der Waals surface area contributed by atoms with E-state index in [0.717, 1.165) is 38.0 Å². The molecule has 0 aliphatic carbocycles. The summed E-state index contributed by atoms with van der Waals surface area (Å²) in [5.41, 5.74) is 1.38. The van der Waals surface area contributed by atoms with Gasteiger partial charge in [0.2, 0.25) is 5.91 Å². The number of hydrogen-bond acceptors (Lipinski definition) is 4. The van der Waals surface area contributed by atoms with Crippen molar-refractivity contribution in [2.24, 2.45) is 5.92 Å². The van der Waals surface area contributed by atoms with E-state index in [9.17, 15) is 9.59 Å². The normalized spacial score (nSPS) is 14.9. The lowest BCUT2D eigenvalue weighted by atomic mass is 9.93. The zero-order valence-electron chi connectivity index (χ0n) is 14.1. The number of anilines is 2. The van der Waals surface area contributed by atoms with Gasteiger partial charge >= 0.3 is 0 Å². The summed E-state index contributed by atoms with van der Waals surface area (Å²) in [5.74, 6) is 0.635. The molecule has 0 saturated carbocycles. The fourth-order valence-electron chi connectivity index (χ4n) is 2.97. The maximum Gasteiger partial charge on any atom is 0.291 e. The summed E-state index contributed by atoms with van der Waals surface area (Å²) >= 11 is 0. The van der Waals surface area contributed by atoms with Gasteiger partial charge in [0.25, 0.3) is 5.91 Å². The van der Waals surface area contributed by atoms with Crippen LogP contribution in [0, 0.1) is 5.92 Å². The fraction of sp³-hybridized carbons (Fsp3) is 0.368. The highest BCUT2D eigenvalue weighted by Crippen LogP contribution is 2.19. The molecule has 0 spiro atoms. The maximum atomic E-state index is 12.1. The van der Waals surface area contributed by atoms with Crippen LogP contribution in [0.3, 0.4) is 0 Å². The van der Waals surface area contributed by atoms with Crippen molar-refractivity contribution in [2.75, 3.05) is 23.7 Å². The third-order valence-electron chi connectivity index (χ3n) is 4.41. The molecule has 132 valence electrons. The van der Waals surface area contributed by atoms with Crippen LogP contribution in [0.4, 0.5) is 11.4 Å². The third kappa shape index (κ3) is 5.19. The number of rotatable bonds is 6. The molecule has 3 rings (SSSR count). The Labute approximate surface area is 147 Å². The molecule has 6 heteroatoms. The van der Waals surface area contributed by atoms with Crippen molar-refractivity contribution >= 4 is 23.2 Å². The van der Waals surface area contributed by atoms with E-state index in [2.05, 4.69) is 16.0 Å². The van der Waals surface area contributed by atoms with Crippen LogP contribution in [0.5, 0.6) is 0 Å². The first-order valence-corrected chi connectivity index (χ1v) is 8.66. The standard InChI is InChI=1S/C19H23N3O3/c23-18(8-3-14-9-11-20-12-10-14)21-15-4-6-16(7-5-15)22-19(24)17-2-1-13-25-17/h1-2,4-7,13-14,20H,3,8-12H2,(H,21,23)(H,22,24). The van der Waals surface area contributed by atoms with Crippen molar-refractivity contribution in [1.82, 2.24) is 5.32 Å². The molecular weight excluding hydrogens is 318 g/mol. The van der Waals surface area contributed by atoms with Gasteiger partial charge in [0.15, 0.2) is 5.76 Å². The summed E-state index contributed by atoms with van der Waals surface area (Å²) in [7, 11) is 0. The fourth-order valence-corrected chi connectivity index (χ4v) is 2.97. The minimum absolute atomic E-state index is 0.0332. The van der Waals surface area contributed by atoms with Crippen LogP contribution in [-0.4, -0.2) is 24.9 Å². The zero-order valence-corrected chi connectivity index (χ0v) is 14.1. The van der Waals surface area contributed by atoms with Gasteiger partial charge < -0.3 is 20.4 Å². The van der Waals surface area contributed by atoms with E-state index in [0.29, 0.717) is 18.0 Å². The Morgan fingerprint density at radius 2 is 1.72 bits per heavy atom. The molecule has 1 aliphatic heterocycles. The molecule has 0 atom stereocenters. The van der Waals surface area contributed by atoms with E-state index >= 15 is 0 Å². The maximum absolute atomic E-state index is 12.1. The molecule has 6 nitrogen and oxygen atoms in total. The van der Waals surface area contributed by atoms with Crippen molar-refractivity contribution in [3.63, 3.8) is 0 Å². The van der Waals surface area contributed by atoms with E-state index < -0.39 is 0 Å². The summed E-state index contributed by atoms with van der Waals surface area (Å²) in [6.07, 6.45) is 5.23. The lowest BCUT2D eigenvalue weighted by Gasteiger charge is -2.22. The third-order valence-corrected chi connectivity index (χ3v) is 4.41. The first kappa shape index (κ1) is 17.2. The van der Waals surface area contributed by atoms with Gasteiger partial charge in [0, 0.05) is 17.8 Å². The first-order chi connectivity index (χ1) is 12.2. The van der Waals surface area contributed by atoms with E-state index in [1.807, 2.05) is 0 Å². The molecule has 0 unspecified atom stereocenters. The molecule has 1 saturated heterocycles. The highest BCUT2D eigenvalue weighted by Gasteiger charge is 2.14. The number of carbonyl (C=O) groups is 2. The molecule has 25 heavy (non-hydrogen) atoms. The van der Waals surface area contributed by atoms with Gasteiger partial charge in [-0.1, -0.05) is 0 Å². The molecule has 1 aliphatic rings. The minimum atomic E-state index is -0.302. The summed E-state index contributed by atoms with van der Waals surface area (Å²) in [4.78, 5) is 24.0. The summed E-state index contributed by atoms with van der Waals surface area (Å²) in [5, 5.41) is 8.98. The van der Waals surface area contributed by atoms with Crippen LogP contribution in [0.2, 0.25) is 0 Å². The average Bonchev–Trinajstić information content (AvgIpc) is 3.17. The number of carbonyl (C=O) groups excluding carboxylic acids is 2. The number of hydrogen-bond donors (Lipinski definition) is 3. The lowest BCUT2D eigenvalue weighted by molar-refractivity contribution is -0.116. The van der Waals surface area contributed by atoms with Crippen molar-refractivity contribution in [3.8, 4) is 0 Å². The number of piperidine rings is 1. The monoisotopic (exact) mass is 341 g/mol. The van der Waals surface area contributed by atoms with Crippen LogP contribution >= 0.6 is 0 Å². The SMILES string of the molecule is O=C(CCC1CCNCC1)Nc1ccc(NC(=O)c2ccco2)cc1. The second kappa shape index (κ2) is 8.48. The van der Waals surface area contributed by atoms with E-state index in [1.54, 1.807) is 36.4 Å². The number of nitrogens with one attached hydrogen (secondary N) is 3. The Bertz CT molecular complexity index is 689. The Kier molecular flexibility index (Phi) is 5.85. The second-order valence-corrected chi connectivity index (χ2v) is 6.29. The molecule has 3 N–H and O–H groups in total. The van der Waals surface area contributed by atoms with Gasteiger partial charge in [0.05, 0.1) is 6.26 Å². The van der Waals surface area contributed by atoms with E-state index in [1.165, 1.54) is 6.26 Å². The molecule has 1 fully saturated rings. The highest BCUT2D eigenvalue weighted by atomic mass is 16.3. The molecular formula is C19H23N3O3. The predicted octanol–water partition coefficient (Wildman–Crippen LogP) is 3.25. The second-order valence-electron chi connectivity index (χ2n) is 6.29. The molecule has 2 aromatic rings. The van der Waals surface area contributed by atoms with Crippen LogP contribution in [0.15, 0.2) is 47.1 Å². The Morgan fingerprint density at radius 1 is 1.04 bits per heavy atom. The number of furan rings is 1. The Balaban J connectivity index is 1.45. The van der Waals surface area contributed by atoms with Crippen molar-refractivity contribution < 1.29 is 14.0 Å². The predicted molar refractivity (Wildman–Crippen MR) is 96.6 cm³/mol. The molecule has 1 aromatic carbocycles. The average molecular weight is 341 g/mol. The first-order valence-electron chi connectivity index (χ1n) is 8.66. The van der Waals surface area contributed by atoms with Crippen molar-refractivity contribution in [3.05, 3.63) is 48.4 Å². The largest absolute Gasteiger partial charge is 0.459 e. The molecule has 1 aromatic heterocycles. The Morgan fingerprint density at radius 3 is 2.36 bits per heavy atom. The molecule has 0 radical (unpaired) electrons. The van der Waals surface area contributed by atoms with Crippen molar-refractivity contribution in [1.29, 1.82) is 0 Å². The van der Waals surface area contributed by atoms with Gasteiger partial charge in [0.1, 0.15) is 0 Å². The number of amides is 2. The van der Waals surface area contributed by atoms with Crippen LogP contribution in [-0.2, 0) is 4.79 Å². The molecule has 0 bridgehead atoms. The quantitative estimate of drug-likeness (QED) is 0.753. The van der Waals surface area contributed by atoms with Crippen LogP contribution in [0.25, 0.3) is 0 Å². The van der Waals surface area contributed by atoms with Gasteiger partial charge in [-0.3, -0.25) is 9.59 Å². The number of benzene rings is 1. The van der Waals surface area contributed by atoms with E-state index in [-0.39, 0.29) is 17.6 Å². The van der Waals surface area contributed by atoms with Crippen molar-refractivity contribution in [2.45, 2.75) is 25.7 Å². The van der Waals surface area contributed by atoms with Crippen LogP contribution in [0.1, 0.15) is 36.2 Å². The topological polar surface area (TPSA) is 83.4 Å². The Hall–Kier alpha value is -2.60. The van der Waals surface area contributed by atoms with Gasteiger partial charge in [-0.15, -0.1) is 0 Å². The van der Waals surface area contributed by atoms with Gasteiger partial charge in [-0.2, -0.15) is 0 Å². The molecule has 2 heterocycles. The highest BCUT2D eigenvalue weighted by molar-refractivity contribution is 6.02. The van der Waals surface area contributed by atoms with Gasteiger partial charge in [-0.05, 0) is 74.7 Å². The van der Waals surface area contributed by atoms with E-state index in [4.69, 9.17) is 4.42 Å². The summed E-state index contributed by atoms with van der Waals surface area (Å²) in [6.45, 7) is 2.11.